The largest absolute Gasteiger partial charge is 0.496 e. The lowest BCUT2D eigenvalue weighted by Crippen LogP contribution is -2.15. The van der Waals surface area contributed by atoms with Crippen molar-refractivity contribution in [1.29, 1.82) is 0 Å². The van der Waals surface area contributed by atoms with Gasteiger partial charge in [0.05, 0.1) is 7.11 Å². The van der Waals surface area contributed by atoms with Crippen LogP contribution in [0, 0.1) is 0 Å². The van der Waals surface area contributed by atoms with Crippen LogP contribution in [-0.4, -0.2) is 19.5 Å². The molecule has 0 atom stereocenters. The summed E-state index contributed by atoms with van der Waals surface area (Å²) in [4.78, 5) is 0. The van der Waals surface area contributed by atoms with Crippen LogP contribution < -0.4 is 10.1 Å². The Hall–Kier alpha value is -0.190. The van der Waals surface area contributed by atoms with Crippen LogP contribution in [0.1, 0.15) is 5.56 Å². The van der Waals surface area contributed by atoms with Crippen molar-refractivity contribution < 1.29 is 4.74 Å². The van der Waals surface area contributed by atoms with Crippen LogP contribution in [0.3, 0.4) is 0 Å². The summed E-state index contributed by atoms with van der Waals surface area (Å²) in [5.41, 5.74) is 1.20. The van der Waals surface area contributed by atoms with Crippen molar-refractivity contribution in [3.05, 3.63) is 28.2 Å². The molecule has 0 aromatic heterocycles. The molecule has 1 aromatic carbocycles. The highest BCUT2D eigenvalue weighted by atomic mass is 79.9. The minimum Gasteiger partial charge on any atom is -0.496 e. The SMILES string of the molecule is COc1ccc(Br)cc1CCNCS. The monoisotopic (exact) mass is 275 g/mol. The molecule has 0 fully saturated rings. The van der Waals surface area contributed by atoms with E-state index >= 15 is 0 Å². The zero-order valence-electron chi connectivity index (χ0n) is 8.09. The zero-order chi connectivity index (χ0) is 10.4. The Morgan fingerprint density at radius 1 is 1.50 bits per heavy atom. The maximum absolute atomic E-state index is 5.26. The Kier molecular flexibility index (Phi) is 5.37. The predicted molar refractivity (Wildman–Crippen MR) is 66.3 cm³/mol. The number of benzene rings is 1. The van der Waals surface area contributed by atoms with Gasteiger partial charge >= 0.3 is 0 Å². The first-order valence-electron chi connectivity index (χ1n) is 4.42. The van der Waals surface area contributed by atoms with Crippen LogP contribution in [0.5, 0.6) is 5.75 Å². The highest BCUT2D eigenvalue weighted by molar-refractivity contribution is 9.10. The molecule has 0 radical (unpaired) electrons. The van der Waals surface area contributed by atoms with E-state index in [1.807, 2.05) is 12.1 Å². The molecule has 1 aromatic rings. The maximum Gasteiger partial charge on any atom is 0.122 e. The molecule has 2 nitrogen and oxygen atoms in total. The van der Waals surface area contributed by atoms with Crippen LogP contribution in [0.25, 0.3) is 0 Å². The van der Waals surface area contributed by atoms with E-state index in [1.165, 1.54) is 5.56 Å². The second-order valence-electron chi connectivity index (χ2n) is 2.86. The number of ether oxygens (including phenoxy) is 1. The third-order valence-electron chi connectivity index (χ3n) is 1.93. The predicted octanol–water partition coefficient (Wildman–Crippen LogP) is 2.48. The second kappa shape index (κ2) is 6.32. The van der Waals surface area contributed by atoms with Crippen LogP contribution in [-0.2, 0) is 6.42 Å². The van der Waals surface area contributed by atoms with Crippen molar-refractivity contribution in [2.75, 3.05) is 19.5 Å². The number of halogens is 1. The summed E-state index contributed by atoms with van der Waals surface area (Å²) < 4.78 is 6.35. The smallest absolute Gasteiger partial charge is 0.122 e. The quantitative estimate of drug-likeness (QED) is 0.490. The van der Waals surface area contributed by atoms with Crippen molar-refractivity contribution in [1.82, 2.24) is 5.32 Å². The average molecular weight is 276 g/mol. The van der Waals surface area contributed by atoms with Gasteiger partial charge in [0.1, 0.15) is 5.75 Å². The van der Waals surface area contributed by atoms with Crippen molar-refractivity contribution in [3.8, 4) is 5.75 Å². The molecule has 0 unspecified atom stereocenters. The summed E-state index contributed by atoms with van der Waals surface area (Å²) in [7, 11) is 1.69. The van der Waals surface area contributed by atoms with Crippen molar-refractivity contribution in [2.45, 2.75) is 6.42 Å². The van der Waals surface area contributed by atoms with Gasteiger partial charge in [-0.15, -0.1) is 0 Å². The Bertz CT molecular complexity index is 293. The van der Waals surface area contributed by atoms with Crippen molar-refractivity contribution >= 4 is 28.6 Å². The Balaban J connectivity index is 2.67. The fourth-order valence-corrected chi connectivity index (χ4v) is 1.81. The Morgan fingerprint density at radius 2 is 2.29 bits per heavy atom. The molecule has 78 valence electrons. The number of hydrogen-bond donors (Lipinski definition) is 2. The molecule has 0 saturated carbocycles. The van der Waals surface area contributed by atoms with Gasteiger partial charge in [-0.2, -0.15) is 12.6 Å². The molecule has 4 heteroatoms. The lowest BCUT2D eigenvalue weighted by Gasteiger charge is -2.08. The van der Waals surface area contributed by atoms with Crippen LogP contribution in [0.4, 0.5) is 0 Å². The number of methoxy groups -OCH3 is 1. The van der Waals surface area contributed by atoms with Gasteiger partial charge in [-0.25, -0.2) is 0 Å². The molecular weight excluding hydrogens is 262 g/mol. The van der Waals surface area contributed by atoms with Gasteiger partial charge in [0, 0.05) is 16.9 Å². The molecule has 1 rings (SSSR count). The minimum absolute atomic E-state index is 0.705. The number of hydrogen-bond acceptors (Lipinski definition) is 3. The molecule has 14 heavy (non-hydrogen) atoms. The summed E-state index contributed by atoms with van der Waals surface area (Å²) in [6, 6.07) is 6.04. The number of nitrogens with one attached hydrogen (secondary N) is 1. The van der Waals surface area contributed by atoms with E-state index in [1.54, 1.807) is 7.11 Å². The average Bonchev–Trinajstić information content (AvgIpc) is 2.19. The third kappa shape index (κ3) is 3.52. The van der Waals surface area contributed by atoms with Crippen LogP contribution in [0.2, 0.25) is 0 Å². The van der Waals surface area contributed by atoms with Gasteiger partial charge in [0.2, 0.25) is 0 Å². The van der Waals surface area contributed by atoms with Gasteiger partial charge in [0.25, 0.3) is 0 Å². The Labute approximate surface area is 98.6 Å². The maximum atomic E-state index is 5.26. The van der Waals surface area contributed by atoms with Gasteiger partial charge in [-0.1, -0.05) is 15.9 Å². The number of thiol groups is 1. The molecule has 0 aliphatic rings. The molecule has 0 heterocycles. The summed E-state index contributed by atoms with van der Waals surface area (Å²) in [5.74, 6) is 1.64. The van der Waals surface area contributed by atoms with E-state index in [2.05, 4.69) is 39.9 Å². The highest BCUT2D eigenvalue weighted by Gasteiger charge is 2.02. The van der Waals surface area contributed by atoms with Crippen molar-refractivity contribution in [3.63, 3.8) is 0 Å². The first-order chi connectivity index (χ1) is 6.77. The van der Waals surface area contributed by atoms with E-state index in [0.29, 0.717) is 5.88 Å². The van der Waals surface area contributed by atoms with Crippen LogP contribution in [0.15, 0.2) is 22.7 Å². The third-order valence-corrected chi connectivity index (χ3v) is 2.64. The first kappa shape index (κ1) is 11.9. The highest BCUT2D eigenvalue weighted by Crippen LogP contribution is 2.22. The minimum atomic E-state index is 0.705. The second-order valence-corrected chi connectivity index (χ2v) is 4.10. The summed E-state index contributed by atoms with van der Waals surface area (Å²) in [5, 5.41) is 3.16. The summed E-state index contributed by atoms with van der Waals surface area (Å²) >= 11 is 7.53. The molecule has 0 bridgehead atoms. The van der Waals surface area contributed by atoms with E-state index in [-0.39, 0.29) is 0 Å². The van der Waals surface area contributed by atoms with Gasteiger partial charge < -0.3 is 10.1 Å². The molecule has 0 amide bonds. The Morgan fingerprint density at radius 3 is 2.93 bits per heavy atom. The van der Waals surface area contributed by atoms with E-state index in [9.17, 15) is 0 Å². The molecule has 0 saturated heterocycles. The lowest BCUT2D eigenvalue weighted by atomic mass is 10.1. The molecule has 1 N–H and O–H groups in total. The van der Waals surface area contributed by atoms with Crippen LogP contribution >= 0.6 is 28.6 Å². The van der Waals surface area contributed by atoms with E-state index in [0.717, 1.165) is 23.2 Å². The van der Waals surface area contributed by atoms with Gasteiger partial charge in [0.15, 0.2) is 0 Å². The fourth-order valence-electron chi connectivity index (χ4n) is 1.24. The summed E-state index contributed by atoms with van der Waals surface area (Å²) in [6.45, 7) is 0.913. The lowest BCUT2D eigenvalue weighted by molar-refractivity contribution is 0.409. The molecule has 0 spiro atoms. The standard InChI is InChI=1S/C10H14BrNOS/c1-13-10-3-2-9(11)6-8(10)4-5-12-7-14/h2-3,6,12,14H,4-5,7H2,1H3. The van der Waals surface area contributed by atoms with Gasteiger partial charge in [-0.05, 0) is 30.2 Å². The first-order valence-corrected chi connectivity index (χ1v) is 5.84. The van der Waals surface area contributed by atoms with E-state index < -0.39 is 0 Å². The van der Waals surface area contributed by atoms with E-state index in [4.69, 9.17) is 4.74 Å². The number of rotatable bonds is 5. The van der Waals surface area contributed by atoms with Crippen molar-refractivity contribution in [2.24, 2.45) is 0 Å². The molecule has 0 aliphatic heterocycles. The topological polar surface area (TPSA) is 21.3 Å². The zero-order valence-corrected chi connectivity index (χ0v) is 10.6. The summed E-state index contributed by atoms with van der Waals surface area (Å²) in [6.07, 6.45) is 0.948. The van der Waals surface area contributed by atoms with Gasteiger partial charge in [-0.3, -0.25) is 0 Å². The molecule has 0 aliphatic carbocycles. The molecular formula is C10H14BrNOS. The normalized spacial score (nSPS) is 10.2. The fraction of sp³-hybridized carbons (Fsp3) is 0.400.